The van der Waals surface area contributed by atoms with Crippen molar-refractivity contribution in [1.29, 1.82) is 0 Å². The van der Waals surface area contributed by atoms with Crippen LogP contribution in [0.4, 0.5) is 0 Å². The van der Waals surface area contributed by atoms with E-state index in [1.54, 1.807) is 0 Å². The van der Waals surface area contributed by atoms with E-state index in [1.807, 2.05) is 0 Å². The largest absolute Gasteiger partial charge is 0.344 e. The molecule has 0 saturated heterocycles. The van der Waals surface area contributed by atoms with Crippen LogP contribution in [-0.4, -0.2) is 27.9 Å². The number of benzene rings is 1. The van der Waals surface area contributed by atoms with Crippen LogP contribution < -0.4 is 0 Å². The lowest BCUT2D eigenvalue weighted by Crippen LogP contribution is -2.27. The third-order valence-electron chi connectivity index (χ3n) is 3.28. The van der Waals surface area contributed by atoms with E-state index in [0.29, 0.717) is 0 Å². The van der Waals surface area contributed by atoms with Crippen LogP contribution in [0.1, 0.15) is 59.6 Å². The van der Waals surface area contributed by atoms with Crippen LogP contribution in [0.3, 0.4) is 0 Å². The average Bonchev–Trinajstić information content (AvgIpc) is 3.24. The van der Waals surface area contributed by atoms with Crippen LogP contribution in [0.5, 0.6) is 0 Å². The van der Waals surface area contributed by atoms with Gasteiger partial charge >= 0.3 is 0 Å². The van der Waals surface area contributed by atoms with Gasteiger partial charge in [0.1, 0.15) is 0 Å². The first-order valence-electron chi connectivity index (χ1n) is 18.2. The van der Waals surface area contributed by atoms with Crippen LogP contribution in [-0.2, 0) is 25.8 Å². The number of hydrogen-bond donors (Lipinski definition) is 0. The van der Waals surface area contributed by atoms with Crippen LogP contribution >= 0.6 is 0 Å². The number of hydrogen-bond acceptors (Lipinski definition) is 2. The van der Waals surface area contributed by atoms with Gasteiger partial charge < -0.3 is 9.47 Å². The summed E-state index contributed by atoms with van der Waals surface area (Å²) in [6.45, 7) is -20.9. The van der Waals surface area contributed by atoms with Gasteiger partial charge in [0.2, 0.25) is 0 Å². The summed E-state index contributed by atoms with van der Waals surface area (Å²) in [7, 11) is 0. The molecule has 0 radical (unpaired) electrons. The molecule has 24 heavy (non-hydrogen) atoms. The van der Waals surface area contributed by atoms with Gasteiger partial charge in [0, 0.05) is 74.9 Å². The number of rotatable bonds is 3. The molecule has 1 aliphatic rings. The molecule has 3 nitrogen and oxygen atoms in total. The Morgan fingerprint density at radius 2 is 2.33 bits per heavy atom. The molecule has 0 N–H and O–H groups in total. The van der Waals surface area contributed by atoms with E-state index in [-0.39, 0.29) is 4.57 Å². The van der Waals surface area contributed by atoms with Gasteiger partial charge in [-0.05, 0) is 56.4 Å². The highest BCUT2D eigenvalue weighted by atomic mass is 15.1. The van der Waals surface area contributed by atoms with E-state index in [2.05, 4.69) is 4.98 Å². The standard InChI is InChI=1S/C21H25N3/c1-15-4-7-20-18(12-15)19-14-23(3)10-9-21(19)24(20)11-8-17-6-5-16(2)22-13-17/h4-7,12-13H,8-11,14H2,1-3H3/i1D3,2D3,3D3,4D,5D,6D,7D,9D2,10D2,11D2,12D,13D,14D2. The second-order valence-corrected chi connectivity index (χ2v) is 4.85. The van der Waals surface area contributed by atoms with E-state index in [1.165, 1.54) is 0 Å². The molecule has 1 aliphatic heterocycles. The fourth-order valence-electron chi connectivity index (χ4n) is 2.28. The number of pyridine rings is 1. The lowest BCUT2D eigenvalue weighted by molar-refractivity contribution is 0.309. The lowest BCUT2D eigenvalue weighted by Gasteiger charge is -2.24. The SMILES string of the molecule is [2H]c1nc(C([2H])([2H])[2H])c([2H])c([2H])c1CC([2H])([2H])n1c2c(c3c([2H])c(C([2H])([2H])[2H])c([2H])c([2H])c31)C([2H])([2H])N(C([2H])([2H])[2H])C([2H])([2H])C2([2H])[2H]. The second kappa shape index (κ2) is 6.06. The molecule has 0 fully saturated rings. The molecule has 0 bridgehead atoms. The molecule has 0 amide bonds. The molecular weight excluding hydrogens is 294 g/mol. The monoisotopic (exact) mass is 342 g/mol. The van der Waals surface area contributed by atoms with E-state index in [4.69, 9.17) is 31.5 Å². The molecule has 3 heterocycles. The molecule has 3 aromatic rings. The summed E-state index contributed by atoms with van der Waals surface area (Å²) in [6.07, 6.45) is -5.98. The zero-order valence-corrected chi connectivity index (χ0v) is 12.0. The minimum Gasteiger partial charge on any atom is -0.344 e. The van der Waals surface area contributed by atoms with E-state index < -0.39 is 133 Å². The normalized spacial score (nSPS) is 37.4. The van der Waals surface area contributed by atoms with Crippen molar-refractivity contribution in [1.82, 2.24) is 14.5 Å². The summed E-state index contributed by atoms with van der Waals surface area (Å²) >= 11 is 0. The number of fused-ring (bicyclic) bond motifs is 3. The molecule has 0 aliphatic carbocycles. The van der Waals surface area contributed by atoms with Crippen molar-refractivity contribution in [3.05, 3.63) is 64.5 Å². The summed E-state index contributed by atoms with van der Waals surface area (Å²) < 4.78 is 191. The molecule has 0 spiro atoms. The maximum absolute atomic E-state index is 9.02. The fourth-order valence-corrected chi connectivity index (χ4v) is 2.28. The van der Waals surface area contributed by atoms with Gasteiger partial charge in [-0.3, -0.25) is 4.98 Å². The van der Waals surface area contributed by atoms with Crippen molar-refractivity contribution in [3.63, 3.8) is 0 Å². The minimum absolute atomic E-state index is 0.187. The lowest BCUT2D eigenvalue weighted by atomic mass is 10.0. The maximum atomic E-state index is 9.02. The van der Waals surface area contributed by atoms with Crippen molar-refractivity contribution in [2.45, 2.75) is 39.5 Å². The number of aryl methyl sites for hydroxylation is 2. The molecular formula is C21H25N3. The van der Waals surface area contributed by atoms with Crippen molar-refractivity contribution in [2.75, 3.05) is 13.5 Å². The Morgan fingerprint density at radius 3 is 3.21 bits per heavy atom. The molecule has 0 saturated carbocycles. The molecule has 2 aromatic heterocycles. The topological polar surface area (TPSA) is 21.1 Å². The smallest absolute Gasteiger partial charge is 0.0843 e. The van der Waals surface area contributed by atoms with E-state index >= 15 is 0 Å². The van der Waals surface area contributed by atoms with Crippen LogP contribution in [0.2, 0.25) is 0 Å². The third kappa shape index (κ3) is 2.73. The summed E-state index contributed by atoms with van der Waals surface area (Å²) in [5.74, 6) is 0. The highest BCUT2D eigenvalue weighted by Gasteiger charge is 2.22. The first kappa shape index (κ1) is 4.16. The van der Waals surface area contributed by atoms with Crippen molar-refractivity contribution >= 4 is 10.9 Å². The Kier molecular flexibility index (Phi) is 1.05. The Morgan fingerprint density at radius 1 is 1.33 bits per heavy atom. The first-order chi connectivity index (χ1) is 20.8. The molecule has 0 unspecified atom stereocenters. The van der Waals surface area contributed by atoms with E-state index in [0.717, 1.165) is 0 Å². The predicted octanol–water partition coefficient (Wildman–Crippen LogP) is 3.88. The average molecular weight is 343 g/mol. The second-order valence-electron chi connectivity index (χ2n) is 4.85. The quantitative estimate of drug-likeness (QED) is 0.720. The van der Waals surface area contributed by atoms with Gasteiger partial charge in [0.15, 0.2) is 0 Å². The summed E-state index contributed by atoms with van der Waals surface area (Å²) in [5.41, 5.74) is -6.30. The minimum atomic E-state index is -3.84. The van der Waals surface area contributed by atoms with Crippen LogP contribution in [0.15, 0.2) is 36.4 Å². The summed E-state index contributed by atoms with van der Waals surface area (Å²) in [6, 6.07) is -5.55. The van der Waals surface area contributed by atoms with Gasteiger partial charge in [-0.15, -0.1) is 0 Å². The first-order valence-corrected chi connectivity index (χ1v) is 6.75. The Labute approximate surface area is 176 Å². The van der Waals surface area contributed by atoms with Crippen molar-refractivity contribution < 1.29 is 31.5 Å². The number of aromatic nitrogens is 2. The Bertz CT molecular complexity index is 1790. The summed E-state index contributed by atoms with van der Waals surface area (Å²) in [4.78, 5) is 3.05. The van der Waals surface area contributed by atoms with Gasteiger partial charge in [0.05, 0.1) is 11.0 Å². The highest BCUT2D eigenvalue weighted by molar-refractivity contribution is 5.86. The van der Waals surface area contributed by atoms with Gasteiger partial charge in [0.25, 0.3) is 0 Å². The predicted molar refractivity (Wildman–Crippen MR) is 99.4 cm³/mol. The molecule has 1 aromatic carbocycles. The summed E-state index contributed by atoms with van der Waals surface area (Å²) in [5, 5.41) is -0.996. The molecule has 0 atom stereocenters. The maximum Gasteiger partial charge on any atom is 0.0843 e. The van der Waals surface area contributed by atoms with Crippen LogP contribution in [0.25, 0.3) is 10.9 Å². The van der Waals surface area contributed by atoms with Gasteiger partial charge in [-0.2, -0.15) is 0 Å². The van der Waals surface area contributed by atoms with Gasteiger partial charge in [-0.1, -0.05) is 17.6 Å². The fraction of sp³-hybridized carbons (Fsp3) is 0.381. The number of nitrogens with zero attached hydrogens (tertiary/aromatic N) is 3. The van der Waals surface area contributed by atoms with Gasteiger partial charge in [-0.25, -0.2) is 0 Å². The zero-order valence-electron chi connectivity index (χ0n) is 35.0. The molecule has 3 heteroatoms. The molecule has 4 rings (SSSR count). The van der Waals surface area contributed by atoms with Crippen molar-refractivity contribution in [2.24, 2.45) is 0 Å². The Balaban J connectivity index is 2.27. The van der Waals surface area contributed by atoms with Crippen LogP contribution in [0, 0.1) is 13.7 Å². The highest BCUT2D eigenvalue weighted by Crippen LogP contribution is 2.31. The Hall–Kier alpha value is -2.13. The molecule has 124 valence electrons. The van der Waals surface area contributed by atoms with Crippen molar-refractivity contribution in [3.8, 4) is 0 Å². The van der Waals surface area contributed by atoms with E-state index in [9.17, 15) is 0 Å². The third-order valence-corrected chi connectivity index (χ3v) is 3.28. The zero-order chi connectivity index (χ0) is 36.6. The number of likely N-dealkylation sites (N-methyl/N-ethyl adjacent to an activating group) is 1.